The molecule has 0 saturated heterocycles. The highest BCUT2D eigenvalue weighted by Crippen LogP contribution is 2.29. The Morgan fingerprint density at radius 3 is 2.52 bits per heavy atom. The molecule has 0 unspecified atom stereocenters. The molecule has 0 aliphatic carbocycles. The predicted octanol–water partition coefficient (Wildman–Crippen LogP) is 2.87. The van der Waals surface area contributed by atoms with Crippen LogP contribution in [0.25, 0.3) is 0 Å². The Kier molecular flexibility index (Phi) is 6.20. The van der Waals surface area contributed by atoms with Crippen molar-refractivity contribution in [3.05, 3.63) is 35.4 Å². The SMILES string of the molecule is CC(C)N(CCCO)C(=O)Cc1cccc(C(F)(F)F)c1. The quantitative estimate of drug-likeness (QED) is 0.878. The summed E-state index contributed by atoms with van der Waals surface area (Å²) in [6, 6.07) is 4.74. The van der Waals surface area contributed by atoms with Crippen LogP contribution in [-0.4, -0.2) is 35.1 Å². The molecule has 0 aliphatic rings. The molecule has 0 radical (unpaired) electrons. The minimum Gasteiger partial charge on any atom is -0.396 e. The topological polar surface area (TPSA) is 40.5 Å². The summed E-state index contributed by atoms with van der Waals surface area (Å²) in [5.41, 5.74) is -0.413. The highest BCUT2D eigenvalue weighted by molar-refractivity contribution is 5.79. The Morgan fingerprint density at radius 1 is 1.33 bits per heavy atom. The molecule has 118 valence electrons. The third-order valence-corrected chi connectivity index (χ3v) is 3.11. The van der Waals surface area contributed by atoms with E-state index in [1.807, 2.05) is 13.8 Å². The van der Waals surface area contributed by atoms with Gasteiger partial charge in [-0.2, -0.15) is 13.2 Å². The number of aliphatic hydroxyl groups excluding tert-OH is 1. The van der Waals surface area contributed by atoms with Gasteiger partial charge in [-0.3, -0.25) is 4.79 Å². The van der Waals surface area contributed by atoms with E-state index in [1.54, 1.807) is 4.90 Å². The van der Waals surface area contributed by atoms with Crippen LogP contribution in [0, 0.1) is 0 Å². The first-order chi connectivity index (χ1) is 9.75. The molecule has 1 aromatic carbocycles. The fourth-order valence-corrected chi connectivity index (χ4v) is 2.05. The van der Waals surface area contributed by atoms with E-state index in [-0.39, 0.29) is 25.0 Å². The normalized spacial score (nSPS) is 11.8. The van der Waals surface area contributed by atoms with Crippen molar-refractivity contribution in [2.75, 3.05) is 13.2 Å². The first-order valence-electron chi connectivity index (χ1n) is 6.82. The zero-order chi connectivity index (χ0) is 16.0. The Balaban J connectivity index is 2.81. The van der Waals surface area contributed by atoms with Crippen LogP contribution in [0.1, 0.15) is 31.4 Å². The molecule has 1 rings (SSSR count). The van der Waals surface area contributed by atoms with E-state index in [2.05, 4.69) is 0 Å². The summed E-state index contributed by atoms with van der Waals surface area (Å²) in [4.78, 5) is 13.7. The monoisotopic (exact) mass is 303 g/mol. The van der Waals surface area contributed by atoms with Crippen LogP contribution in [0.4, 0.5) is 13.2 Å². The van der Waals surface area contributed by atoms with E-state index in [0.29, 0.717) is 18.5 Å². The fourth-order valence-electron chi connectivity index (χ4n) is 2.05. The Morgan fingerprint density at radius 2 is 2.00 bits per heavy atom. The third kappa shape index (κ3) is 5.38. The fraction of sp³-hybridized carbons (Fsp3) is 0.533. The van der Waals surface area contributed by atoms with Gasteiger partial charge < -0.3 is 10.0 Å². The summed E-state index contributed by atoms with van der Waals surface area (Å²) in [6.45, 7) is 4.04. The summed E-state index contributed by atoms with van der Waals surface area (Å²) in [5.74, 6) is -0.238. The number of nitrogens with zero attached hydrogens (tertiary/aromatic N) is 1. The van der Waals surface area contributed by atoms with Gasteiger partial charge in [0.1, 0.15) is 0 Å². The molecule has 1 N–H and O–H groups in total. The van der Waals surface area contributed by atoms with Crippen LogP contribution in [-0.2, 0) is 17.4 Å². The Labute approximate surface area is 122 Å². The van der Waals surface area contributed by atoms with Crippen molar-refractivity contribution >= 4 is 5.91 Å². The molecule has 6 heteroatoms. The number of carbonyl (C=O) groups is 1. The Hall–Kier alpha value is -1.56. The molecule has 0 aliphatic heterocycles. The van der Waals surface area contributed by atoms with Gasteiger partial charge in [0.25, 0.3) is 0 Å². The van der Waals surface area contributed by atoms with E-state index in [1.165, 1.54) is 12.1 Å². The maximum absolute atomic E-state index is 12.6. The average Bonchev–Trinajstić information content (AvgIpc) is 2.38. The van der Waals surface area contributed by atoms with Crippen LogP contribution >= 0.6 is 0 Å². The van der Waals surface area contributed by atoms with Crippen LogP contribution in [0.5, 0.6) is 0 Å². The number of amides is 1. The minimum absolute atomic E-state index is 0.0277. The molecule has 0 bridgehead atoms. The highest BCUT2D eigenvalue weighted by Gasteiger charge is 2.30. The van der Waals surface area contributed by atoms with Crippen molar-refractivity contribution in [3.8, 4) is 0 Å². The average molecular weight is 303 g/mol. The summed E-state index contributed by atoms with van der Waals surface area (Å²) in [6.07, 6.45) is -4.03. The summed E-state index contributed by atoms with van der Waals surface area (Å²) in [7, 11) is 0. The lowest BCUT2D eigenvalue weighted by atomic mass is 10.1. The zero-order valence-corrected chi connectivity index (χ0v) is 12.2. The molecule has 0 spiro atoms. The second-order valence-electron chi connectivity index (χ2n) is 5.13. The first-order valence-corrected chi connectivity index (χ1v) is 6.82. The van der Waals surface area contributed by atoms with Crippen molar-refractivity contribution < 1.29 is 23.1 Å². The molecule has 0 heterocycles. The maximum atomic E-state index is 12.6. The van der Waals surface area contributed by atoms with Gasteiger partial charge in [-0.1, -0.05) is 18.2 Å². The summed E-state index contributed by atoms with van der Waals surface area (Å²) in [5, 5.41) is 8.83. The predicted molar refractivity (Wildman–Crippen MR) is 73.7 cm³/mol. The Bertz CT molecular complexity index is 472. The molecular formula is C15H20F3NO2. The standard InChI is InChI=1S/C15H20F3NO2/c1-11(2)19(7-4-8-20)14(21)10-12-5-3-6-13(9-12)15(16,17)18/h3,5-6,9,11,20H,4,7-8,10H2,1-2H3. The first kappa shape index (κ1) is 17.5. The largest absolute Gasteiger partial charge is 0.416 e. The van der Waals surface area contributed by atoms with Crippen molar-refractivity contribution in [3.63, 3.8) is 0 Å². The molecular weight excluding hydrogens is 283 g/mol. The molecule has 21 heavy (non-hydrogen) atoms. The lowest BCUT2D eigenvalue weighted by molar-refractivity contribution is -0.138. The molecule has 3 nitrogen and oxygen atoms in total. The van der Waals surface area contributed by atoms with Crippen molar-refractivity contribution in [2.24, 2.45) is 0 Å². The number of hydrogen-bond acceptors (Lipinski definition) is 2. The number of carbonyl (C=O) groups excluding carboxylic acids is 1. The molecule has 0 saturated carbocycles. The van der Waals surface area contributed by atoms with Gasteiger partial charge in [-0.25, -0.2) is 0 Å². The van der Waals surface area contributed by atoms with Crippen LogP contribution in [0.3, 0.4) is 0 Å². The maximum Gasteiger partial charge on any atom is 0.416 e. The number of aliphatic hydroxyl groups is 1. The number of hydrogen-bond donors (Lipinski definition) is 1. The van der Waals surface area contributed by atoms with Crippen LogP contribution < -0.4 is 0 Å². The van der Waals surface area contributed by atoms with E-state index in [9.17, 15) is 18.0 Å². The van der Waals surface area contributed by atoms with E-state index < -0.39 is 11.7 Å². The zero-order valence-electron chi connectivity index (χ0n) is 12.2. The van der Waals surface area contributed by atoms with Crippen molar-refractivity contribution in [1.29, 1.82) is 0 Å². The van der Waals surface area contributed by atoms with Gasteiger partial charge in [0.15, 0.2) is 0 Å². The number of alkyl halides is 3. The number of halogens is 3. The van der Waals surface area contributed by atoms with Crippen LogP contribution in [0.15, 0.2) is 24.3 Å². The van der Waals surface area contributed by atoms with E-state index in [4.69, 9.17) is 5.11 Å². The van der Waals surface area contributed by atoms with Crippen molar-refractivity contribution in [2.45, 2.75) is 38.9 Å². The minimum atomic E-state index is -4.41. The number of rotatable bonds is 6. The van der Waals surface area contributed by atoms with Gasteiger partial charge in [0, 0.05) is 19.2 Å². The molecule has 0 fully saturated rings. The van der Waals surface area contributed by atoms with E-state index >= 15 is 0 Å². The highest BCUT2D eigenvalue weighted by atomic mass is 19.4. The lowest BCUT2D eigenvalue weighted by Crippen LogP contribution is -2.39. The third-order valence-electron chi connectivity index (χ3n) is 3.11. The van der Waals surface area contributed by atoms with Gasteiger partial charge in [0.2, 0.25) is 5.91 Å². The van der Waals surface area contributed by atoms with Gasteiger partial charge in [-0.15, -0.1) is 0 Å². The molecule has 1 aromatic rings. The lowest BCUT2D eigenvalue weighted by Gasteiger charge is -2.26. The second kappa shape index (κ2) is 7.45. The second-order valence-corrected chi connectivity index (χ2v) is 5.13. The van der Waals surface area contributed by atoms with Crippen molar-refractivity contribution in [1.82, 2.24) is 4.90 Å². The molecule has 0 atom stereocenters. The summed E-state index contributed by atoms with van der Waals surface area (Å²) >= 11 is 0. The summed E-state index contributed by atoms with van der Waals surface area (Å²) < 4.78 is 37.9. The van der Waals surface area contributed by atoms with E-state index in [0.717, 1.165) is 12.1 Å². The van der Waals surface area contributed by atoms with Crippen LogP contribution in [0.2, 0.25) is 0 Å². The van der Waals surface area contributed by atoms with Gasteiger partial charge in [-0.05, 0) is 31.9 Å². The number of benzene rings is 1. The van der Waals surface area contributed by atoms with Gasteiger partial charge >= 0.3 is 6.18 Å². The molecule has 0 aromatic heterocycles. The molecule has 1 amide bonds. The van der Waals surface area contributed by atoms with Gasteiger partial charge in [0.05, 0.1) is 12.0 Å². The smallest absolute Gasteiger partial charge is 0.396 e.